The van der Waals surface area contributed by atoms with Gasteiger partial charge in [0.15, 0.2) is 0 Å². The van der Waals surface area contributed by atoms with E-state index in [1.165, 1.54) is 6.08 Å². The first-order chi connectivity index (χ1) is 9.08. The van der Waals surface area contributed by atoms with Gasteiger partial charge in [0.1, 0.15) is 24.4 Å². The van der Waals surface area contributed by atoms with Crippen LogP contribution < -0.4 is 0 Å². The van der Waals surface area contributed by atoms with Crippen LogP contribution in [-0.2, 0) is 9.53 Å². The maximum Gasteiger partial charge on any atom is 0.348 e. The van der Waals surface area contributed by atoms with Crippen LogP contribution >= 0.6 is 0 Å². The van der Waals surface area contributed by atoms with Crippen molar-refractivity contribution < 1.29 is 19.7 Å². The number of rotatable bonds is 8. The second-order valence-electron chi connectivity index (χ2n) is 3.69. The number of nitriles is 1. The lowest BCUT2D eigenvalue weighted by atomic mass is 10.2. The van der Waals surface area contributed by atoms with Gasteiger partial charge in [0, 0.05) is 13.1 Å². The van der Waals surface area contributed by atoms with Crippen molar-refractivity contribution in [2.24, 2.45) is 0 Å². The SMILES string of the molecule is CCN(/C=C/C=C(/C#N)C(=O)OCC(O)CO)CC. The van der Waals surface area contributed by atoms with Crippen LogP contribution in [0, 0.1) is 11.3 Å². The highest BCUT2D eigenvalue weighted by Crippen LogP contribution is 1.99. The van der Waals surface area contributed by atoms with Crippen molar-refractivity contribution in [2.75, 3.05) is 26.3 Å². The van der Waals surface area contributed by atoms with Gasteiger partial charge in [0.2, 0.25) is 0 Å². The average molecular weight is 268 g/mol. The second-order valence-corrected chi connectivity index (χ2v) is 3.69. The van der Waals surface area contributed by atoms with Crippen molar-refractivity contribution in [1.82, 2.24) is 4.90 Å². The third-order valence-corrected chi connectivity index (χ3v) is 2.33. The zero-order valence-corrected chi connectivity index (χ0v) is 11.2. The summed E-state index contributed by atoms with van der Waals surface area (Å²) in [7, 11) is 0. The first kappa shape index (κ1) is 17.2. The van der Waals surface area contributed by atoms with E-state index in [0.717, 1.165) is 13.1 Å². The van der Waals surface area contributed by atoms with Gasteiger partial charge in [-0.3, -0.25) is 0 Å². The van der Waals surface area contributed by atoms with E-state index in [-0.39, 0.29) is 12.2 Å². The van der Waals surface area contributed by atoms with Crippen LogP contribution in [0.3, 0.4) is 0 Å². The average Bonchev–Trinajstić information content (AvgIpc) is 2.44. The van der Waals surface area contributed by atoms with E-state index in [2.05, 4.69) is 4.74 Å². The maximum absolute atomic E-state index is 11.5. The lowest BCUT2D eigenvalue weighted by Crippen LogP contribution is -2.22. The molecule has 106 valence electrons. The molecule has 0 aromatic rings. The van der Waals surface area contributed by atoms with E-state index in [1.807, 2.05) is 18.7 Å². The Morgan fingerprint density at radius 1 is 1.47 bits per heavy atom. The van der Waals surface area contributed by atoms with Crippen LogP contribution in [0.5, 0.6) is 0 Å². The van der Waals surface area contributed by atoms with Gasteiger partial charge in [-0.2, -0.15) is 5.26 Å². The van der Waals surface area contributed by atoms with E-state index >= 15 is 0 Å². The normalized spacial score (nSPS) is 13.1. The molecule has 0 heterocycles. The Morgan fingerprint density at radius 3 is 2.58 bits per heavy atom. The molecule has 0 saturated heterocycles. The molecule has 0 aliphatic heterocycles. The van der Waals surface area contributed by atoms with E-state index in [9.17, 15) is 4.79 Å². The van der Waals surface area contributed by atoms with Crippen molar-refractivity contribution in [2.45, 2.75) is 20.0 Å². The van der Waals surface area contributed by atoms with Crippen molar-refractivity contribution in [3.63, 3.8) is 0 Å². The molecule has 0 saturated carbocycles. The molecule has 2 N–H and O–H groups in total. The summed E-state index contributed by atoms with van der Waals surface area (Å²) in [6.45, 7) is 4.81. The van der Waals surface area contributed by atoms with E-state index in [0.29, 0.717) is 0 Å². The largest absolute Gasteiger partial charge is 0.459 e. The number of aliphatic hydroxyl groups excluding tert-OH is 2. The molecule has 0 bridgehead atoms. The van der Waals surface area contributed by atoms with Crippen molar-refractivity contribution >= 4 is 5.97 Å². The molecule has 6 nitrogen and oxygen atoms in total. The Bertz CT molecular complexity index is 367. The van der Waals surface area contributed by atoms with E-state index in [4.69, 9.17) is 15.5 Å². The highest BCUT2D eigenvalue weighted by Gasteiger charge is 2.12. The summed E-state index contributed by atoms with van der Waals surface area (Å²) in [4.78, 5) is 13.4. The lowest BCUT2D eigenvalue weighted by molar-refractivity contribution is -0.142. The summed E-state index contributed by atoms with van der Waals surface area (Å²) < 4.78 is 4.67. The molecule has 0 radical (unpaired) electrons. The van der Waals surface area contributed by atoms with Gasteiger partial charge in [0.05, 0.1) is 6.61 Å². The zero-order chi connectivity index (χ0) is 14.7. The van der Waals surface area contributed by atoms with Gasteiger partial charge in [-0.25, -0.2) is 4.79 Å². The third-order valence-electron chi connectivity index (χ3n) is 2.33. The summed E-state index contributed by atoms with van der Waals surface area (Å²) in [6.07, 6.45) is 3.59. The van der Waals surface area contributed by atoms with Crippen LogP contribution in [0.2, 0.25) is 0 Å². The minimum absolute atomic E-state index is 0.159. The molecule has 0 spiro atoms. The fraction of sp³-hybridized carbons (Fsp3) is 0.538. The molecule has 6 heteroatoms. The van der Waals surface area contributed by atoms with Gasteiger partial charge < -0.3 is 19.8 Å². The Morgan fingerprint density at radius 2 is 2.11 bits per heavy atom. The Labute approximate surface area is 113 Å². The molecule has 0 rings (SSSR count). The van der Waals surface area contributed by atoms with Crippen LogP contribution in [0.4, 0.5) is 0 Å². The fourth-order valence-electron chi connectivity index (χ4n) is 1.15. The van der Waals surface area contributed by atoms with Crippen LogP contribution in [0.25, 0.3) is 0 Å². The zero-order valence-electron chi connectivity index (χ0n) is 11.2. The Kier molecular flexibility index (Phi) is 9.14. The first-order valence-electron chi connectivity index (χ1n) is 6.07. The monoisotopic (exact) mass is 268 g/mol. The molecular formula is C13H20N2O4. The molecule has 19 heavy (non-hydrogen) atoms. The van der Waals surface area contributed by atoms with Crippen LogP contribution in [-0.4, -0.2) is 53.5 Å². The number of esters is 1. The predicted molar refractivity (Wildman–Crippen MR) is 69.8 cm³/mol. The summed E-state index contributed by atoms with van der Waals surface area (Å²) in [5, 5.41) is 26.4. The molecule has 0 aromatic carbocycles. The maximum atomic E-state index is 11.5. The highest BCUT2D eigenvalue weighted by atomic mass is 16.5. The number of carbonyl (C=O) groups excluding carboxylic acids is 1. The van der Waals surface area contributed by atoms with Crippen molar-refractivity contribution in [3.8, 4) is 6.07 Å². The summed E-state index contributed by atoms with van der Waals surface area (Å²) in [5.74, 6) is -0.820. The quantitative estimate of drug-likeness (QED) is 0.282. The van der Waals surface area contributed by atoms with Gasteiger partial charge in [0.25, 0.3) is 0 Å². The van der Waals surface area contributed by atoms with Crippen molar-refractivity contribution in [3.05, 3.63) is 23.9 Å². The topological polar surface area (TPSA) is 93.8 Å². The van der Waals surface area contributed by atoms with Crippen LogP contribution in [0.15, 0.2) is 23.9 Å². The predicted octanol–water partition coefficient (Wildman–Crippen LogP) is 0.188. The molecule has 1 atom stereocenters. The summed E-state index contributed by atoms with van der Waals surface area (Å²) in [6, 6.07) is 1.73. The minimum Gasteiger partial charge on any atom is -0.459 e. The van der Waals surface area contributed by atoms with Gasteiger partial charge >= 0.3 is 5.97 Å². The van der Waals surface area contributed by atoms with Gasteiger partial charge in [-0.15, -0.1) is 0 Å². The Balaban J connectivity index is 4.48. The molecule has 0 amide bonds. The van der Waals surface area contributed by atoms with Crippen LogP contribution in [0.1, 0.15) is 13.8 Å². The van der Waals surface area contributed by atoms with E-state index in [1.54, 1.807) is 18.3 Å². The number of aliphatic hydroxyl groups is 2. The summed E-state index contributed by atoms with van der Waals surface area (Å²) in [5.41, 5.74) is -0.159. The van der Waals surface area contributed by atoms with Gasteiger partial charge in [-0.05, 0) is 32.2 Å². The smallest absolute Gasteiger partial charge is 0.348 e. The fourth-order valence-corrected chi connectivity index (χ4v) is 1.15. The second kappa shape index (κ2) is 10.1. The molecule has 0 aliphatic carbocycles. The molecule has 1 unspecified atom stereocenters. The third kappa shape index (κ3) is 7.24. The van der Waals surface area contributed by atoms with Crippen molar-refractivity contribution in [1.29, 1.82) is 5.26 Å². The number of nitrogens with zero attached hydrogens (tertiary/aromatic N) is 2. The minimum atomic E-state index is -1.13. The first-order valence-corrected chi connectivity index (χ1v) is 6.07. The highest BCUT2D eigenvalue weighted by molar-refractivity contribution is 5.93. The molecular weight excluding hydrogens is 248 g/mol. The number of hydrogen-bond acceptors (Lipinski definition) is 6. The number of ether oxygens (including phenoxy) is 1. The van der Waals surface area contributed by atoms with Gasteiger partial charge in [-0.1, -0.05) is 0 Å². The standard InChI is InChI=1S/C13H20N2O4/c1-3-15(4-2)7-5-6-11(8-14)13(18)19-10-12(17)9-16/h5-7,12,16-17H,3-4,9-10H2,1-2H3/b7-5+,11-6-. The lowest BCUT2D eigenvalue weighted by Gasteiger charge is -2.13. The summed E-state index contributed by atoms with van der Waals surface area (Å²) >= 11 is 0. The Hall–Kier alpha value is -1.84. The van der Waals surface area contributed by atoms with E-state index < -0.39 is 18.7 Å². The number of hydrogen-bond donors (Lipinski definition) is 2. The molecule has 0 fully saturated rings. The molecule has 0 aromatic heterocycles. The number of carbonyl (C=O) groups is 1. The number of allylic oxidation sites excluding steroid dienone is 2. The molecule has 0 aliphatic rings.